The van der Waals surface area contributed by atoms with Gasteiger partial charge in [-0.05, 0) is 19.9 Å². The van der Waals surface area contributed by atoms with Gasteiger partial charge in [0.15, 0.2) is 5.96 Å². The van der Waals surface area contributed by atoms with Gasteiger partial charge in [-0.3, -0.25) is 0 Å². The van der Waals surface area contributed by atoms with Crippen molar-refractivity contribution in [3.63, 3.8) is 0 Å². The van der Waals surface area contributed by atoms with Crippen molar-refractivity contribution < 1.29 is 18.3 Å². The number of hydrogen-bond acceptors (Lipinski definition) is 3. The molecular formula is C15H23F2N3O2. The van der Waals surface area contributed by atoms with Gasteiger partial charge < -0.3 is 20.1 Å². The van der Waals surface area contributed by atoms with Gasteiger partial charge in [0.25, 0.3) is 0 Å². The molecule has 0 aliphatic rings. The van der Waals surface area contributed by atoms with Gasteiger partial charge in [0.1, 0.15) is 5.75 Å². The lowest BCUT2D eigenvalue weighted by Gasteiger charge is -2.17. The molecule has 0 heterocycles. The Morgan fingerprint density at radius 1 is 1.32 bits per heavy atom. The van der Waals surface area contributed by atoms with E-state index in [0.29, 0.717) is 24.7 Å². The molecular weight excluding hydrogens is 292 g/mol. The first-order chi connectivity index (χ1) is 10.6. The smallest absolute Gasteiger partial charge is 0.387 e. The molecule has 0 bridgehead atoms. The van der Waals surface area contributed by atoms with Gasteiger partial charge in [0, 0.05) is 25.3 Å². The molecule has 1 aromatic carbocycles. The molecule has 0 spiro atoms. The van der Waals surface area contributed by atoms with E-state index in [9.17, 15) is 8.78 Å². The lowest BCUT2D eigenvalue weighted by Crippen LogP contribution is -2.43. The highest BCUT2D eigenvalue weighted by atomic mass is 19.3. The van der Waals surface area contributed by atoms with E-state index in [4.69, 9.17) is 4.74 Å². The van der Waals surface area contributed by atoms with Gasteiger partial charge in [0.05, 0.1) is 13.2 Å². The van der Waals surface area contributed by atoms with Crippen molar-refractivity contribution >= 4 is 5.96 Å². The minimum Gasteiger partial charge on any atom is -0.434 e. The minimum absolute atomic E-state index is 0.0790. The first-order valence-corrected chi connectivity index (χ1v) is 7.13. The van der Waals surface area contributed by atoms with Crippen LogP contribution in [0.25, 0.3) is 0 Å². The molecule has 0 saturated heterocycles. The van der Waals surface area contributed by atoms with Crippen molar-refractivity contribution in [1.29, 1.82) is 0 Å². The second-order valence-corrected chi connectivity index (χ2v) is 4.68. The molecule has 22 heavy (non-hydrogen) atoms. The molecule has 0 amide bonds. The predicted octanol–water partition coefficient (Wildman–Crippen LogP) is 2.38. The number of hydrogen-bond donors (Lipinski definition) is 2. The highest BCUT2D eigenvalue weighted by molar-refractivity contribution is 5.80. The summed E-state index contributed by atoms with van der Waals surface area (Å²) in [7, 11) is 1.63. The summed E-state index contributed by atoms with van der Waals surface area (Å²) in [5, 5.41) is 6.27. The average molecular weight is 315 g/mol. The number of para-hydroxylation sites is 1. The van der Waals surface area contributed by atoms with Crippen LogP contribution in [0.15, 0.2) is 29.3 Å². The summed E-state index contributed by atoms with van der Waals surface area (Å²) < 4.78 is 34.3. The third-order valence-electron chi connectivity index (χ3n) is 2.74. The number of aliphatic imine (C=N–C) groups is 1. The summed E-state index contributed by atoms with van der Waals surface area (Å²) in [4.78, 5) is 4.39. The van der Waals surface area contributed by atoms with Gasteiger partial charge in [-0.15, -0.1) is 0 Å². The Morgan fingerprint density at radius 2 is 2.05 bits per heavy atom. The zero-order valence-electron chi connectivity index (χ0n) is 13.1. The number of nitrogens with zero attached hydrogens (tertiary/aromatic N) is 1. The van der Waals surface area contributed by atoms with Crippen LogP contribution >= 0.6 is 0 Å². The number of halogens is 2. The van der Waals surface area contributed by atoms with Crippen molar-refractivity contribution in [3.05, 3.63) is 29.8 Å². The minimum atomic E-state index is -2.85. The van der Waals surface area contributed by atoms with E-state index in [1.165, 1.54) is 6.07 Å². The standard InChI is InChI=1S/C15H23F2N3O2/c1-4-18-15(20-11(2)10-21-3)19-9-12-7-5-6-8-13(12)22-14(16)17/h5-8,11,14H,4,9-10H2,1-3H3,(H2,18,19,20). The molecule has 5 nitrogen and oxygen atoms in total. The molecule has 1 unspecified atom stereocenters. The number of nitrogens with one attached hydrogen (secondary N) is 2. The van der Waals surface area contributed by atoms with Crippen LogP contribution in [0.5, 0.6) is 5.75 Å². The summed E-state index contributed by atoms with van der Waals surface area (Å²) in [5.41, 5.74) is 0.597. The van der Waals surface area contributed by atoms with Crippen molar-refractivity contribution in [2.45, 2.75) is 33.0 Å². The monoisotopic (exact) mass is 315 g/mol. The van der Waals surface area contributed by atoms with Crippen LogP contribution < -0.4 is 15.4 Å². The number of guanidine groups is 1. The van der Waals surface area contributed by atoms with Crippen molar-refractivity contribution in [2.75, 3.05) is 20.3 Å². The molecule has 1 atom stereocenters. The molecule has 0 aliphatic carbocycles. The molecule has 0 radical (unpaired) electrons. The van der Waals surface area contributed by atoms with Crippen LogP contribution in [0.4, 0.5) is 8.78 Å². The van der Waals surface area contributed by atoms with E-state index in [2.05, 4.69) is 20.4 Å². The van der Waals surface area contributed by atoms with Gasteiger partial charge in [-0.2, -0.15) is 8.78 Å². The van der Waals surface area contributed by atoms with Crippen LogP contribution in [0.2, 0.25) is 0 Å². The third kappa shape index (κ3) is 6.71. The Labute approximate surface area is 129 Å². The van der Waals surface area contributed by atoms with E-state index in [0.717, 1.165) is 0 Å². The fourth-order valence-corrected chi connectivity index (χ4v) is 1.85. The summed E-state index contributed by atoms with van der Waals surface area (Å²) >= 11 is 0. The molecule has 2 N–H and O–H groups in total. The summed E-state index contributed by atoms with van der Waals surface area (Å²) in [6, 6.07) is 6.70. The second-order valence-electron chi connectivity index (χ2n) is 4.68. The lowest BCUT2D eigenvalue weighted by atomic mass is 10.2. The molecule has 0 aliphatic heterocycles. The fraction of sp³-hybridized carbons (Fsp3) is 0.533. The highest BCUT2D eigenvalue weighted by Gasteiger charge is 2.09. The number of benzene rings is 1. The molecule has 0 fully saturated rings. The number of ether oxygens (including phenoxy) is 2. The molecule has 0 saturated carbocycles. The molecule has 124 valence electrons. The van der Waals surface area contributed by atoms with Crippen molar-refractivity contribution in [2.24, 2.45) is 4.99 Å². The number of alkyl halides is 2. The van der Waals surface area contributed by atoms with Crippen molar-refractivity contribution in [3.8, 4) is 5.75 Å². The SMILES string of the molecule is CCNC(=NCc1ccccc1OC(F)F)NC(C)COC. The Kier molecular flexibility index (Phi) is 8.21. The maximum atomic E-state index is 12.4. The Balaban J connectivity index is 2.77. The molecule has 1 rings (SSSR count). The van der Waals surface area contributed by atoms with Gasteiger partial charge in [-0.1, -0.05) is 18.2 Å². The fourth-order valence-electron chi connectivity index (χ4n) is 1.85. The van der Waals surface area contributed by atoms with E-state index in [1.54, 1.807) is 25.3 Å². The van der Waals surface area contributed by atoms with Crippen LogP contribution in [0, 0.1) is 0 Å². The number of methoxy groups -OCH3 is 1. The first kappa shape index (κ1) is 18.2. The summed E-state index contributed by atoms with van der Waals surface area (Å²) in [6.45, 7) is 2.53. The zero-order chi connectivity index (χ0) is 16.4. The van der Waals surface area contributed by atoms with E-state index in [1.807, 2.05) is 13.8 Å². The maximum absolute atomic E-state index is 12.4. The van der Waals surface area contributed by atoms with Gasteiger partial charge >= 0.3 is 6.61 Å². The molecule has 0 aromatic heterocycles. The highest BCUT2D eigenvalue weighted by Crippen LogP contribution is 2.20. The largest absolute Gasteiger partial charge is 0.434 e. The van der Waals surface area contributed by atoms with Crippen LogP contribution in [0.3, 0.4) is 0 Å². The quantitative estimate of drug-likeness (QED) is 0.571. The zero-order valence-corrected chi connectivity index (χ0v) is 13.1. The Bertz CT molecular complexity index is 470. The van der Waals surface area contributed by atoms with Crippen molar-refractivity contribution in [1.82, 2.24) is 10.6 Å². The molecule has 7 heteroatoms. The van der Waals surface area contributed by atoms with Gasteiger partial charge in [-0.25, -0.2) is 4.99 Å². The van der Waals surface area contributed by atoms with E-state index < -0.39 is 6.61 Å². The number of rotatable bonds is 8. The first-order valence-electron chi connectivity index (χ1n) is 7.13. The summed E-state index contributed by atoms with van der Waals surface area (Å²) in [5.74, 6) is 0.737. The second kappa shape index (κ2) is 9.94. The normalized spacial score (nSPS) is 13.1. The predicted molar refractivity (Wildman–Crippen MR) is 82.4 cm³/mol. The maximum Gasteiger partial charge on any atom is 0.387 e. The lowest BCUT2D eigenvalue weighted by molar-refractivity contribution is -0.0504. The van der Waals surface area contributed by atoms with E-state index in [-0.39, 0.29) is 18.3 Å². The van der Waals surface area contributed by atoms with Crippen LogP contribution in [-0.2, 0) is 11.3 Å². The Morgan fingerprint density at radius 3 is 2.68 bits per heavy atom. The van der Waals surface area contributed by atoms with Crippen LogP contribution in [0.1, 0.15) is 19.4 Å². The molecule has 1 aromatic rings. The van der Waals surface area contributed by atoms with Gasteiger partial charge in [0.2, 0.25) is 0 Å². The Hall–Kier alpha value is -1.89. The third-order valence-corrected chi connectivity index (χ3v) is 2.74. The average Bonchev–Trinajstić information content (AvgIpc) is 2.46. The summed E-state index contributed by atoms with van der Waals surface area (Å²) in [6.07, 6.45) is 0. The van der Waals surface area contributed by atoms with Crippen LogP contribution in [-0.4, -0.2) is 38.9 Å². The topological polar surface area (TPSA) is 54.9 Å². The van der Waals surface area contributed by atoms with E-state index >= 15 is 0 Å².